The van der Waals surface area contributed by atoms with Gasteiger partial charge in [-0.3, -0.25) is 0 Å². The maximum atomic E-state index is 11.9. The third-order valence-electron chi connectivity index (χ3n) is 3.35. The van der Waals surface area contributed by atoms with Gasteiger partial charge in [-0.15, -0.1) is 10.2 Å². The summed E-state index contributed by atoms with van der Waals surface area (Å²) in [5.41, 5.74) is 0.902. The monoisotopic (exact) mass is 361 g/mol. The number of rotatable bonds is 7. The van der Waals surface area contributed by atoms with Crippen molar-refractivity contribution in [3.05, 3.63) is 35.9 Å². The quantitative estimate of drug-likeness (QED) is 0.584. The fraction of sp³-hybridized carbons (Fsp3) is 0.294. The van der Waals surface area contributed by atoms with Gasteiger partial charge in [0, 0.05) is 12.0 Å². The van der Waals surface area contributed by atoms with Crippen LogP contribution in [0.4, 0.5) is 5.69 Å². The van der Waals surface area contributed by atoms with Crippen LogP contribution in [0.2, 0.25) is 0 Å². The molecule has 0 aliphatic carbocycles. The molecule has 1 aromatic carbocycles. The second kappa shape index (κ2) is 8.65. The summed E-state index contributed by atoms with van der Waals surface area (Å²) >= 11 is 0. The summed E-state index contributed by atoms with van der Waals surface area (Å²) in [6, 6.07) is 5.05. The average molecular weight is 361 g/mol. The normalized spacial score (nSPS) is 11.0. The molecule has 0 atom stereocenters. The number of methoxy groups -OCH3 is 3. The van der Waals surface area contributed by atoms with E-state index in [0.717, 1.165) is 6.08 Å². The van der Waals surface area contributed by atoms with Crippen LogP contribution in [0.25, 0.3) is 11.5 Å². The lowest BCUT2D eigenvalue weighted by Crippen LogP contribution is -2.16. The zero-order valence-corrected chi connectivity index (χ0v) is 14.9. The van der Waals surface area contributed by atoms with E-state index in [1.165, 1.54) is 21.3 Å². The van der Waals surface area contributed by atoms with Crippen molar-refractivity contribution in [2.75, 3.05) is 26.6 Å². The van der Waals surface area contributed by atoms with Crippen molar-refractivity contribution in [1.82, 2.24) is 10.2 Å². The molecule has 0 unspecified atom stereocenters. The number of carbonyl (C=O) groups is 2. The maximum absolute atomic E-state index is 11.9. The number of esters is 2. The van der Waals surface area contributed by atoms with Crippen LogP contribution in [-0.4, -0.2) is 43.5 Å². The first-order chi connectivity index (χ1) is 12.5. The minimum atomic E-state index is -0.742. The Hall–Kier alpha value is -3.36. The number of ether oxygens (including phenoxy) is 3. The Morgan fingerprint density at radius 1 is 1.19 bits per heavy atom. The highest BCUT2D eigenvalue weighted by atomic mass is 16.5. The largest absolute Gasteiger partial charge is 0.495 e. The SMILES string of the molecule is CCc1nnc(-c2ccc(OC)c(N/C(=C/C(=O)OC)C(=O)OC)c2)o1. The van der Waals surface area contributed by atoms with Gasteiger partial charge in [0.15, 0.2) is 0 Å². The van der Waals surface area contributed by atoms with Crippen LogP contribution in [0, 0.1) is 0 Å². The molecule has 0 saturated carbocycles. The molecule has 0 aliphatic rings. The van der Waals surface area contributed by atoms with Crippen molar-refractivity contribution < 1.29 is 28.2 Å². The van der Waals surface area contributed by atoms with Crippen LogP contribution < -0.4 is 10.1 Å². The minimum Gasteiger partial charge on any atom is -0.495 e. The fourth-order valence-corrected chi connectivity index (χ4v) is 2.03. The summed E-state index contributed by atoms with van der Waals surface area (Å²) in [6.45, 7) is 1.90. The minimum absolute atomic E-state index is 0.116. The van der Waals surface area contributed by atoms with E-state index >= 15 is 0 Å². The molecule has 0 saturated heterocycles. The summed E-state index contributed by atoms with van der Waals surface area (Å²) in [5.74, 6) is -0.189. The summed E-state index contributed by atoms with van der Waals surface area (Å²) in [4.78, 5) is 23.4. The summed E-state index contributed by atoms with van der Waals surface area (Å²) in [7, 11) is 3.88. The van der Waals surface area contributed by atoms with E-state index in [4.69, 9.17) is 9.15 Å². The van der Waals surface area contributed by atoms with E-state index in [1.54, 1.807) is 18.2 Å². The molecule has 0 amide bonds. The predicted octanol–water partition coefficient (Wildman–Crippen LogP) is 1.95. The van der Waals surface area contributed by atoms with E-state index < -0.39 is 11.9 Å². The van der Waals surface area contributed by atoms with Crippen molar-refractivity contribution in [2.24, 2.45) is 0 Å². The number of nitrogens with one attached hydrogen (secondary N) is 1. The first kappa shape index (κ1) is 19.0. The second-order valence-electron chi connectivity index (χ2n) is 4.97. The molecular formula is C17H19N3O6. The highest BCUT2D eigenvalue weighted by molar-refractivity contribution is 5.99. The number of anilines is 1. The van der Waals surface area contributed by atoms with Crippen LogP contribution in [-0.2, 0) is 25.5 Å². The smallest absolute Gasteiger partial charge is 0.354 e. The Kier molecular flexibility index (Phi) is 6.31. The van der Waals surface area contributed by atoms with Crippen LogP contribution in [0.5, 0.6) is 5.75 Å². The molecule has 1 heterocycles. The van der Waals surface area contributed by atoms with Crippen LogP contribution >= 0.6 is 0 Å². The van der Waals surface area contributed by atoms with E-state index in [-0.39, 0.29) is 5.70 Å². The van der Waals surface area contributed by atoms with Gasteiger partial charge in [-0.05, 0) is 18.2 Å². The van der Waals surface area contributed by atoms with Crippen LogP contribution in [0.3, 0.4) is 0 Å². The van der Waals surface area contributed by atoms with Gasteiger partial charge in [-0.25, -0.2) is 9.59 Å². The van der Waals surface area contributed by atoms with Gasteiger partial charge in [0.05, 0.1) is 33.1 Å². The molecule has 1 aromatic heterocycles. The van der Waals surface area contributed by atoms with Gasteiger partial charge >= 0.3 is 11.9 Å². The standard InChI is InChI=1S/C17H19N3O6/c1-5-14-19-20-16(26-14)10-6-7-13(23-2)11(8-10)18-12(17(22)25-4)9-15(21)24-3/h6-9,18H,5H2,1-4H3/b12-9+. The maximum Gasteiger partial charge on any atom is 0.354 e. The van der Waals surface area contributed by atoms with Crippen molar-refractivity contribution in [3.63, 3.8) is 0 Å². The molecule has 0 bridgehead atoms. The number of nitrogens with zero attached hydrogens (tertiary/aromatic N) is 2. The molecule has 2 aromatic rings. The second-order valence-corrected chi connectivity index (χ2v) is 4.97. The van der Waals surface area contributed by atoms with Crippen LogP contribution in [0.15, 0.2) is 34.4 Å². The number of benzene rings is 1. The Labute approximate surface area is 149 Å². The van der Waals surface area contributed by atoms with Gasteiger partial charge in [0.1, 0.15) is 11.4 Å². The molecule has 1 N–H and O–H groups in total. The fourth-order valence-electron chi connectivity index (χ4n) is 2.03. The zero-order valence-electron chi connectivity index (χ0n) is 14.9. The number of aromatic nitrogens is 2. The van der Waals surface area contributed by atoms with Crippen molar-refractivity contribution in [2.45, 2.75) is 13.3 Å². The van der Waals surface area contributed by atoms with Crippen molar-refractivity contribution in [3.8, 4) is 17.2 Å². The Morgan fingerprint density at radius 2 is 1.96 bits per heavy atom. The molecule has 9 nitrogen and oxygen atoms in total. The number of aryl methyl sites for hydroxylation is 1. The van der Waals surface area contributed by atoms with Gasteiger partial charge in [0.2, 0.25) is 11.8 Å². The highest BCUT2D eigenvalue weighted by Crippen LogP contribution is 2.31. The highest BCUT2D eigenvalue weighted by Gasteiger charge is 2.17. The van der Waals surface area contributed by atoms with Crippen molar-refractivity contribution >= 4 is 17.6 Å². The third kappa shape index (κ3) is 4.38. The van der Waals surface area contributed by atoms with Gasteiger partial charge < -0.3 is 23.9 Å². The average Bonchev–Trinajstić information content (AvgIpc) is 3.15. The first-order valence-electron chi connectivity index (χ1n) is 7.68. The summed E-state index contributed by atoms with van der Waals surface area (Å²) < 4.78 is 20.0. The molecule has 138 valence electrons. The van der Waals surface area contributed by atoms with E-state index in [0.29, 0.717) is 35.2 Å². The van der Waals surface area contributed by atoms with Crippen molar-refractivity contribution in [1.29, 1.82) is 0 Å². The molecule has 0 fully saturated rings. The molecule has 0 spiro atoms. The molecule has 2 rings (SSSR count). The van der Waals surface area contributed by atoms with Crippen LogP contribution in [0.1, 0.15) is 12.8 Å². The first-order valence-corrected chi connectivity index (χ1v) is 7.68. The van der Waals surface area contributed by atoms with Gasteiger partial charge in [0.25, 0.3) is 0 Å². The summed E-state index contributed by atoms with van der Waals surface area (Å²) in [5, 5.41) is 10.7. The van der Waals surface area contributed by atoms with Gasteiger partial charge in [-0.2, -0.15) is 0 Å². The number of hydrogen-bond donors (Lipinski definition) is 1. The van der Waals surface area contributed by atoms with Gasteiger partial charge in [-0.1, -0.05) is 6.92 Å². The molecular weight excluding hydrogens is 342 g/mol. The number of carbonyl (C=O) groups excluding carboxylic acids is 2. The van der Waals surface area contributed by atoms with E-state index in [2.05, 4.69) is 25.0 Å². The topological polar surface area (TPSA) is 113 Å². The zero-order chi connectivity index (χ0) is 19.1. The summed E-state index contributed by atoms with van der Waals surface area (Å²) in [6.07, 6.45) is 1.60. The number of hydrogen-bond acceptors (Lipinski definition) is 9. The predicted molar refractivity (Wildman–Crippen MR) is 91.4 cm³/mol. The van der Waals surface area contributed by atoms with E-state index in [9.17, 15) is 9.59 Å². The Bertz CT molecular complexity index is 828. The molecule has 0 aliphatic heterocycles. The lowest BCUT2D eigenvalue weighted by molar-refractivity contribution is -0.138. The Balaban J connectivity index is 2.42. The lowest BCUT2D eigenvalue weighted by atomic mass is 10.1. The molecule has 9 heteroatoms. The molecule has 0 radical (unpaired) electrons. The lowest BCUT2D eigenvalue weighted by Gasteiger charge is -2.13. The third-order valence-corrected chi connectivity index (χ3v) is 3.35. The Morgan fingerprint density at radius 3 is 2.54 bits per heavy atom. The van der Waals surface area contributed by atoms with E-state index in [1.807, 2.05) is 6.92 Å². The molecule has 26 heavy (non-hydrogen) atoms.